The van der Waals surface area contributed by atoms with E-state index in [1.807, 2.05) is 0 Å². The van der Waals surface area contributed by atoms with Crippen molar-refractivity contribution in [2.45, 2.75) is 6.42 Å². The standard InChI is InChI=1S/C13H14F2N2O4/c1-2-3-5-21-6-4-16-13(18)9-7-11(15)12(17(19)20)8-10(9)14/h2,7-8H,1,3-6H2,(H,16,18). The van der Waals surface area contributed by atoms with Gasteiger partial charge in [0.2, 0.25) is 5.82 Å². The molecule has 1 amide bonds. The number of ether oxygens (including phenoxy) is 1. The van der Waals surface area contributed by atoms with Crippen molar-refractivity contribution in [3.8, 4) is 0 Å². The fourth-order valence-electron chi connectivity index (χ4n) is 1.45. The fourth-order valence-corrected chi connectivity index (χ4v) is 1.45. The number of hydrogen-bond donors (Lipinski definition) is 1. The lowest BCUT2D eigenvalue weighted by Crippen LogP contribution is -2.28. The van der Waals surface area contributed by atoms with E-state index in [-0.39, 0.29) is 13.2 Å². The molecule has 21 heavy (non-hydrogen) atoms. The molecule has 1 rings (SSSR count). The van der Waals surface area contributed by atoms with Gasteiger partial charge in [0, 0.05) is 6.54 Å². The average Bonchev–Trinajstić information content (AvgIpc) is 2.44. The summed E-state index contributed by atoms with van der Waals surface area (Å²) in [5.41, 5.74) is -1.61. The van der Waals surface area contributed by atoms with Crippen molar-refractivity contribution >= 4 is 11.6 Å². The fraction of sp³-hybridized carbons (Fsp3) is 0.308. The first-order chi connectivity index (χ1) is 9.97. The monoisotopic (exact) mass is 300 g/mol. The summed E-state index contributed by atoms with van der Waals surface area (Å²) in [7, 11) is 0. The Labute approximate surface area is 119 Å². The van der Waals surface area contributed by atoms with Crippen LogP contribution in [0.2, 0.25) is 0 Å². The molecule has 0 heterocycles. The molecule has 0 saturated heterocycles. The Morgan fingerprint density at radius 1 is 1.38 bits per heavy atom. The summed E-state index contributed by atoms with van der Waals surface area (Å²) in [5, 5.41) is 12.8. The zero-order valence-corrected chi connectivity index (χ0v) is 11.1. The van der Waals surface area contributed by atoms with Crippen LogP contribution in [0.4, 0.5) is 14.5 Å². The maximum absolute atomic E-state index is 13.5. The number of nitro groups is 1. The highest BCUT2D eigenvalue weighted by atomic mass is 19.1. The van der Waals surface area contributed by atoms with Gasteiger partial charge in [-0.2, -0.15) is 4.39 Å². The Morgan fingerprint density at radius 2 is 2.10 bits per heavy atom. The van der Waals surface area contributed by atoms with Gasteiger partial charge in [0.05, 0.1) is 29.8 Å². The zero-order valence-electron chi connectivity index (χ0n) is 11.1. The van der Waals surface area contributed by atoms with Gasteiger partial charge in [-0.1, -0.05) is 6.08 Å². The molecule has 0 aliphatic rings. The molecule has 0 unspecified atom stereocenters. The Bertz CT molecular complexity index is 549. The molecular formula is C13H14F2N2O4. The molecule has 8 heteroatoms. The first-order valence-electron chi connectivity index (χ1n) is 6.07. The summed E-state index contributed by atoms with van der Waals surface area (Å²) in [6.07, 6.45) is 2.34. The average molecular weight is 300 g/mol. The molecule has 6 nitrogen and oxygen atoms in total. The highest BCUT2D eigenvalue weighted by Crippen LogP contribution is 2.21. The van der Waals surface area contributed by atoms with Crippen LogP contribution in [-0.4, -0.2) is 30.6 Å². The molecule has 0 atom stereocenters. The summed E-state index contributed by atoms with van der Waals surface area (Å²) in [4.78, 5) is 21.0. The quantitative estimate of drug-likeness (QED) is 0.345. The predicted octanol–water partition coefficient (Wildman–Crippen LogP) is 2.20. The van der Waals surface area contributed by atoms with Gasteiger partial charge in [0.1, 0.15) is 5.82 Å². The summed E-state index contributed by atoms with van der Waals surface area (Å²) >= 11 is 0. The largest absolute Gasteiger partial charge is 0.379 e. The van der Waals surface area contributed by atoms with Crippen LogP contribution >= 0.6 is 0 Å². The highest BCUT2D eigenvalue weighted by Gasteiger charge is 2.21. The van der Waals surface area contributed by atoms with Crippen LogP contribution in [0.3, 0.4) is 0 Å². The molecular weight excluding hydrogens is 286 g/mol. The number of nitrogens with zero attached hydrogens (tertiary/aromatic N) is 1. The Hall–Kier alpha value is -2.35. The number of amides is 1. The van der Waals surface area contributed by atoms with Gasteiger partial charge >= 0.3 is 5.69 Å². The number of rotatable bonds is 8. The summed E-state index contributed by atoms with van der Waals surface area (Å²) in [6, 6.07) is 0.881. The second-order valence-corrected chi connectivity index (χ2v) is 3.99. The third-order valence-electron chi connectivity index (χ3n) is 2.48. The molecule has 1 aromatic rings. The van der Waals surface area contributed by atoms with E-state index in [1.54, 1.807) is 6.08 Å². The maximum Gasteiger partial charge on any atom is 0.307 e. The van der Waals surface area contributed by atoms with Gasteiger partial charge in [0.15, 0.2) is 0 Å². The predicted molar refractivity (Wildman–Crippen MR) is 71.0 cm³/mol. The third-order valence-corrected chi connectivity index (χ3v) is 2.48. The van der Waals surface area contributed by atoms with Gasteiger partial charge in [-0.15, -0.1) is 6.58 Å². The van der Waals surface area contributed by atoms with Crippen molar-refractivity contribution in [2.24, 2.45) is 0 Å². The number of carbonyl (C=O) groups is 1. The van der Waals surface area contributed by atoms with Crippen molar-refractivity contribution in [3.63, 3.8) is 0 Å². The van der Waals surface area contributed by atoms with E-state index in [0.717, 1.165) is 0 Å². The van der Waals surface area contributed by atoms with E-state index in [1.165, 1.54) is 0 Å². The topological polar surface area (TPSA) is 81.5 Å². The highest BCUT2D eigenvalue weighted by molar-refractivity contribution is 5.94. The molecule has 0 saturated carbocycles. The number of hydrogen-bond acceptors (Lipinski definition) is 4. The zero-order chi connectivity index (χ0) is 15.8. The van der Waals surface area contributed by atoms with Crippen LogP contribution in [0.25, 0.3) is 0 Å². The molecule has 1 aromatic carbocycles. The SMILES string of the molecule is C=CCCOCCNC(=O)c1cc(F)c([N+](=O)[O-])cc1F. The number of benzene rings is 1. The minimum Gasteiger partial charge on any atom is -0.379 e. The van der Waals surface area contributed by atoms with E-state index in [0.29, 0.717) is 25.2 Å². The van der Waals surface area contributed by atoms with Gasteiger partial charge < -0.3 is 10.1 Å². The minimum atomic E-state index is -1.27. The Kier molecular flexibility index (Phi) is 6.41. The molecule has 114 valence electrons. The number of nitrogens with one attached hydrogen (secondary N) is 1. The second-order valence-electron chi connectivity index (χ2n) is 3.99. The van der Waals surface area contributed by atoms with Crippen LogP contribution in [0.15, 0.2) is 24.8 Å². The lowest BCUT2D eigenvalue weighted by molar-refractivity contribution is -0.387. The first-order valence-corrected chi connectivity index (χ1v) is 6.07. The van der Waals surface area contributed by atoms with Crippen LogP contribution in [-0.2, 0) is 4.74 Å². The Morgan fingerprint density at radius 3 is 2.71 bits per heavy atom. The van der Waals surface area contributed by atoms with Crippen LogP contribution in [0.5, 0.6) is 0 Å². The lowest BCUT2D eigenvalue weighted by Gasteiger charge is -2.07. The van der Waals surface area contributed by atoms with Crippen molar-refractivity contribution in [3.05, 3.63) is 52.1 Å². The molecule has 0 aliphatic carbocycles. The van der Waals surface area contributed by atoms with Crippen molar-refractivity contribution in [2.75, 3.05) is 19.8 Å². The normalized spacial score (nSPS) is 10.2. The molecule has 0 spiro atoms. The van der Waals surface area contributed by atoms with E-state index < -0.39 is 33.7 Å². The molecule has 0 aliphatic heterocycles. The second kappa shape index (κ2) is 8.05. The first kappa shape index (κ1) is 16.7. The van der Waals surface area contributed by atoms with Gasteiger partial charge in [-0.05, 0) is 12.5 Å². The molecule has 0 radical (unpaired) electrons. The van der Waals surface area contributed by atoms with Crippen LogP contribution in [0, 0.1) is 21.7 Å². The number of halogens is 2. The summed E-state index contributed by atoms with van der Waals surface area (Å²) < 4.78 is 32.0. The summed E-state index contributed by atoms with van der Waals surface area (Å²) in [6.45, 7) is 4.26. The van der Waals surface area contributed by atoms with Crippen LogP contribution < -0.4 is 5.32 Å². The van der Waals surface area contributed by atoms with Crippen molar-refractivity contribution < 1.29 is 23.2 Å². The smallest absolute Gasteiger partial charge is 0.307 e. The van der Waals surface area contributed by atoms with E-state index in [2.05, 4.69) is 11.9 Å². The summed E-state index contributed by atoms with van der Waals surface area (Å²) in [5.74, 6) is -3.30. The maximum atomic E-state index is 13.5. The van der Waals surface area contributed by atoms with Crippen molar-refractivity contribution in [1.29, 1.82) is 0 Å². The van der Waals surface area contributed by atoms with E-state index in [9.17, 15) is 23.7 Å². The van der Waals surface area contributed by atoms with E-state index >= 15 is 0 Å². The van der Waals surface area contributed by atoms with Crippen LogP contribution in [0.1, 0.15) is 16.8 Å². The number of carbonyl (C=O) groups excluding carboxylic acids is 1. The van der Waals surface area contributed by atoms with E-state index in [4.69, 9.17) is 4.74 Å². The van der Waals surface area contributed by atoms with Crippen molar-refractivity contribution in [1.82, 2.24) is 5.32 Å². The minimum absolute atomic E-state index is 0.105. The van der Waals surface area contributed by atoms with Gasteiger partial charge in [0.25, 0.3) is 5.91 Å². The lowest BCUT2D eigenvalue weighted by atomic mass is 10.1. The molecule has 0 aromatic heterocycles. The van der Waals surface area contributed by atoms with Gasteiger partial charge in [-0.3, -0.25) is 14.9 Å². The van der Waals surface area contributed by atoms with Gasteiger partial charge in [-0.25, -0.2) is 4.39 Å². The molecule has 0 bridgehead atoms. The Balaban J connectivity index is 2.60. The number of nitro benzene ring substituents is 1. The molecule has 0 fully saturated rings. The molecule has 1 N–H and O–H groups in total. The third kappa shape index (κ3) is 4.92.